The van der Waals surface area contributed by atoms with Crippen LogP contribution in [-0.2, 0) is 14.8 Å². The van der Waals surface area contributed by atoms with Crippen LogP contribution in [0.4, 0.5) is 0 Å². The molecule has 0 spiro atoms. The maximum Gasteiger partial charge on any atom is 0.240 e. The van der Waals surface area contributed by atoms with Gasteiger partial charge in [0.25, 0.3) is 0 Å². The predicted octanol–water partition coefficient (Wildman–Crippen LogP) is 1.10. The van der Waals surface area contributed by atoms with Crippen LogP contribution in [0.5, 0.6) is 5.75 Å². The van der Waals surface area contributed by atoms with Crippen molar-refractivity contribution in [1.29, 1.82) is 0 Å². The van der Waals surface area contributed by atoms with E-state index in [0.29, 0.717) is 25.7 Å². The van der Waals surface area contributed by atoms with Crippen molar-refractivity contribution in [3.8, 4) is 5.75 Å². The molecule has 0 aliphatic carbocycles. The summed E-state index contributed by atoms with van der Waals surface area (Å²) in [6.45, 7) is 1.84. The number of sulfonamides is 1. The average Bonchev–Trinajstić information content (AvgIpc) is 2.38. The molecule has 0 radical (unpaired) electrons. The third-order valence-corrected chi connectivity index (χ3v) is 4.49. The second-order valence-corrected chi connectivity index (χ2v) is 6.17. The van der Waals surface area contributed by atoms with Gasteiger partial charge in [0.2, 0.25) is 10.0 Å². The van der Waals surface area contributed by atoms with Gasteiger partial charge in [-0.15, -0.1) is 0 Å². The first-order valence-corrected chi connectivity index (χ1v) is 7.43. The summed E-state index contributed by atoms with van der Waals surface area (Å²) in [7, 11) is -3.48. The first kappa shape index (κ1) is 13.3. The summed E-state index contributed by atoms with van der Waals surface area (Å²) in [5.74, 6) is 0.393. The molecule has 0 saturated carbocycles. The molecule has 0 amide bonds. The number of rotatable bonds is 4. The number of hydrogen-bond donors (Lipinski definition) is 2. The Labute approximate surface area is 107 Å². The largest absolute Gasteiger partial charge is 0.508 e. The quantitative estimate of drug-likeness (QED) is 0.859. The van der Waals surface area contributed by atoms with Gasteiger partial charge in [-0.05, 0) is 43.0 Å². The molecule has 0 bridgehead atoms. The molecule has 18 heavy (non-hydrogen) atoms. The lowest BCUT2D eigenvalue weighted by Crippen LogP contribution is -2.32. The summed E-state index contributed by atoms with van der Waals surface area (Å²) in [5, 5.41) is 9.13. The Bertz CT molecular complexity index is 477. The fourth-order valence-corrected chi connectivity index (χ4v) is 3.00. The highest BCUT2D eigenvalue weighted by atomic mass is 32.2. The van der Waals surface area contributed by atoms with E-state index in [0.717, 1.165) is 12.8 Å². The zero-order valence-corrected chi connectivity index (χ0v) is 10.8. The summed E-state index contributed by atoms with van der Waals surface area (Å²) in [6.07, 6.45) is 1.77. The summed E-state index contributed by atoms with van der Waals surface area (Å²) in [5.41, 5.74) is 0. The lowest BCUT2D eigenvalue weighted by atomic mass is 10.0. The van der Waals surface area contributed by atoms with Gasteiger partial charge in [0.05, 0.1) is 4.90 Å². The molecule has 1 aromatic rings. The highest BCUT2D eigenvalue weighted by Crippen LogP contribution is 2.17. The third kappa shape index (κ3) is 3.44. The fraction of sp³-hybridized carbons (Fsp3) is 0.500. The minimum absolute atomic E-state index is 0.0541. The van der Waals surface area contributed by atoms with Crippen LogP contribution >= 0.6 is 0 Å². The van der Waals surface area contributed by atoms with Crippen molar-refractivity contribution in [2.45, 2.75) is 17.7 Å². The van der Waals surface area contributed by atoms with E-state index in [-0.39, 0.29) is 10.6 Å². The number of aromatic hydroxyl groups is 1. The van der Waals surface area contributed by atoms with Gasteiger partial charge in [-0.25, -0.2) is 13.1 Å². The van der Waals surface area contributed by atoms with Gasteiger partial charge in [-0.1, -0.05) is 0 Å². The number of hydrogen-bond acceptors (Lipinski definition) is 4. The molecular formula is C12H17NO4S. The Hall–Kier alpha value is -1.11. The molecule has 0 atom stereocenters. The molecule has 2 rings (SSSR count). The molecular weight excluding hydrogens is 254 g/mol. The van der Waals surface area contributed by atoms with Crippen molar-refractivity contribution >= 4 is 10.0 Å². The Morgan fingerprint density at radius 1 is 1.22 bits per heavy atom. The standard InChI is InChI=1S/C12H17NO4S/c14-11-1-3-12(4-2-11)18(15,16)13-9-10-5-7-17-8-6-10/h1-4,10,13-14H,5-9H2. The van der Waals surface area contributed by atoms with E-state index < -0.39 is 10.0 Å². The van der Waals surface area contributed by atoms with E-state index in [9.17, 15) is 8.42 Å². The molecule has 100 valence electrons. The second kappa shape index (κ2) is 5.69. The Balaban J connectivity index is 1.96. The van der Waals surface area contributed by atoms with E-state index in [1.165, 1.54) is 24.3 Å². The summed E-state index contributed by atoms with van der Waals surface area (Å²) in [4.78, 5) is 0.173. The maximum atomic E-state index is 12.0. The minimum atomic E-state index is -3.48. The van der Waals surface area contributed by atoms with Crippen molar-refractivity contribution in [1.82, 2.24) is 4.72 Å². The van der Waals surface area contributed by atoms with Crippen LogP contribution in [0.15, 0.2) is 29.2 Å². The van der Waals surface area contributed by atoms with Gasteiger partial charge in [0.15, 0.2) is 0 Å². The first-order chi connectivity index (χ1) is 8.58. The van der Waals surface area contributed by atoms with Gasteiger partial charge in [-0.2, -0.15) is 0 Å². The van der Waals surface area contributed by atoms with E-state index >= 15 is 0 Å². The molecule has 1 saturated heterocycles. The van der Waals surface area contributed by atoms with Crippen molar-refractivity contribution in [2.24, 2.45) is 5.92 Å². The Morgan fingerprint density at radius 3 is 2.44 bits per heavy atom. The molecule has 6 heteroatoms. The second-order valence-electron chi connectivity index (χ2n) is 4.40. The van der Waals surface area contributed by atoms with Crippen LogP contribution in [-0.4, -0.2) is 33.3 Å². The molecule has 0 aromatic heterocycles. The number of ether oxygens (including phenoxy) is 1. The van der Waals surface area contributed by atoms with Gasteiger partial charge in [-0.3, -0.25) is 0 Å². The Kier molecular flexibility index (Phi) is 4.21. The highest BCUT2D eigenvalue weighted by molar-refractivity contribution is 7.89. The molecule has 5 nitrogen and oxygen atoms in total. The molecule has 0 unspecified atom stereocenters. The lowest BCUT2D eigenvalue weighted by Gasteiger charge is -2.22. The van der Waals surface area contributed by atoms with Crippen LogP contribution in [0.1, 0.15) is 12.8 Å². The van der Waals surface area contributed by atoms with E-state index in [4.69, 9.17) is 9.84 Å². The van der Waals surface area contributed by atoms with Crippen molar-refractivity contribution in [2.75, 3.05) is 19.8 Å². The fourth-order valence-electron chi connectivity index (χ4n) is 1.89. The van der Waals surface area contributed by atoms with Crippen LogP contribution in [0.2, 0.25) is 0 Å². The highest BCUT2D eigenvalue weighted by Gasteiger charge is 2.18. The number of benzene rings is 1. The first-order valence-electron chi connectivity index (χ1n) is 5.94. The summed E-state index contributed by atoms with van der Waals surface area (Å²) < 4.78 is 31.7. The number of phenolic OH excluding ortho intramolecular Hbond substituents is 1. The molecule has 1 aliphatic heterocycles. The van der Waals surface area contributed by atoms with E-state index in [1.54, 1.807) is 0 Å². The van der Waals surface area contributed by atoms with E-state index in [2.05, 4.69) is 4.72 Å². The maximum absolute atomic E-state index is 12.0. The number of phenols is 1. The van der Waals surface area contributed by atoms with Crippen molar-refractivity contribution in [3.05, 3.63) is 24.3 Å². The molecule has 1 aromatic carbocycles. The minimum Gasteiger partial charge on any atom is -0.508 e. The summed E-state index contributed by atoms with van der Waals surface area (Å²) >= 11 is 0. The average molecular weight is 271 g/mol. The van der Waals surface area contributed by atoms with Crippen LogP contribution in [0, 0.1) is 5.92 Å². The SMILES string of the molecule is O=S(=O)(NCC1CCOCC1)c1ccc(O)cc1. The van der Waals surface area contributed by atoms with Gasteiger partial charge >= 0.3 is 0 Å². The third-order valence-electron chi connectivity index (χ3n) is 3.05. The molecule has 2 N–H and O–H groups in total. The number of nitrogens with one attached hydrogen (secondary N) is 1. The van der Waals surface area contributed by atoms with Gasteiger partial charge in [0.1, 0.15) is 5.75 Å². The van der Waals surface area contributed by atoms with Gasteiger partial charge in [0, 0.05) is 19.8 Å². The van der Waals surface area contributed by atoms with Crippen LogP contribution in [0.3, 0.4) is 0 Å². The lowest BCUT2D eigenvalue weighted by molar-refractivity contribution is 0.0678. The normalized spacial score (nSPS) is 17.8. The monoisotopic (exact) mass is 271 g/mol. The predicted molar refractivity (Wildman–Crippen MR) is 66.8 cm³/mol. The summed E-state index contributed by atoms with van der Waals surface area (Å²) in [6, 6.07) is 5.51. The van der Waals surface area contributed by atoms with Crippen LogP contribution < -0.4 is 4.72 Å². The van der Waals surface area contributed by atoms with E-state index in [1.807, 2.05) is 0 Å². The van der Waals surface area contributed by atoms with Crippen molar-refractivity contribution < 1.29 is 18.3 Å². The smallest absolute Gasteiger partial charge is 0.240 e. The molecule has 1 heterocycles. The zero-order valence-electron chi connectivity index (χ0n) is 10.0. The van der Waals surface area contributed by atoms with Gasteiger partial charge < -0.3 is 9.84 Å². The van der Waals surface area contributed by atoms with Crippen molar-refractivity contribution in [3.63, 3.8) is 0 Å². The topological polar surface area (TPSA) is 75.6 Å². The Morgan fingerprint density at radius 2 is 1.83 bits per heavy atom. The molecule has 1 aliphatic rings. The zero-order chi connectivity index (χ0) is 13.0. The van der Waals surface area contributed by atoms with Crippen LogP contribution in [0.25, 0.3) is 0 Å². The molecule has 1 fully saturated rings.